The predicted octanol–water partition coefficient (Wildman–Crippen LogP) is 5.22. The van der Waals surface area contributed by atoms with Crippen molar-refractivity contribution in [2.45, 2.75) is 33.6 Å². The van der Waals surface area contributed by atoms with Crippen LogP contribution in [0.1, 0.15) is 47.1 Å². The number of anilines is 3. The first-order chi connectivity index (χ1) is 13.9. The van der Waals surface area contributed by atoms with Crippen LogP contribution in [0.5, 0.6) is 5.75 Å². The zero-order chi connectivity index (χ0) is 21.0. The van der Waals surface area contributed by atoms with Crippen LogP contribution < -0.4 is 15.4 Å². The second kappa shape index (κ2) is 8.73. The average Bonchev–Trinajstić information content (AvgIpc) is 2.68. The molecule has 0 fully saturated rings. The van der Waals surface area contributed by atoms with Gasteiger partial charge in [0.15, 0.2) is 0 Å². The molecule has 2 N–H and O–H groups in total. The molecule has 0 aliphatic rings. The van der Waals surface area contributed by atoms with E-state index in [2.05, 4.69) is 46.6 Å². The van der Waals surface area contributed by atoms with Crippen LogP contribution in [0.3, 0.4) is 0 Å². The van der Waals surface area contributed by atoms with Gasteiger partial charge in [-0.05, 0) is 61.2 Å². The maximum Gasteiger partial charge on any atom is 0.274 e. The smallest absolute Gasteiger partial charge is 0.274 e. The number of methoxy groups -OCH3 is 1. The van der Waals surface area contributed by atoms with Gasteiger partial charge < -0.3 is 15.4 Å². The van der Waals surface area contributed by atoms with Crippen LogP contribution >= 0.6 is 0 Å². The molecule has 0 saturated heterocycles. The number of aromatic nitrogens is 2. The molecule has 1 aromatic heterocycles. The van der Waals surface area contributed by atoms with Crippen LogP contribution in [-0.2, 0) is 0 Å². The summed E-state index contributed by atoms with van der Waals surface area (Å²) < 4.78 is 5.33. The number of nitrogens with one attached hydrogen (secondary N) is 2. The zero-order valence-electron chi connectivity index (χ0n) is 17.4. The number of hydrogen-bond acceptors (Lipinski definition) is 5. The molecular weight excluding hydrogens is 364 g/mol. The Morgan fingerprint density at radius 3 is 2.38 bits per heavy atom. The molecule has 6 nitrogen and oxygen atoms in total. The van der Waals surface area contributed by atoms with Gasteiger partial charge in [0.2, 0.25) is 5.95 Å². The number of rotatable bonds is 6. The molecule has 0 radical (unpaired) electrons. The summed E-state index contributed by atoms with van der Waals surface area (Å²) in [5.74, 6) is 1.12. The van der Waals surface area contributed by atoms with Gasteiger partial charge in [-0.25, -0.2) is 9.97 Å². The van der Waals surface area contributed by atoms with Gasteiger partial charge in [0.05, 0.1) is 12.8 Å². The molecule has 0 aliphatic heterocycles. The van der Waals surface area contributed by atoms with Crippen LogP contribution in [0.2, 0.25) is 0 Å². The van der Waals surface area contributed by atoms with Gasteiger partial charge in [-0.2, -0.15) is 0 Å². The minimum Gasteiger partial charge on any atom is -0.495 e. The van der Waals surface area contributed by atoms with Gasteiger partial charge in [0, 0.05) is 11.4 Å². The van der Waals surface area contributed by atoms with Gasteiger partial charge in [-0.3, -0.25) is 4.79 Å². The largest absolute Gasteiger partial charge is 0.495 e. The molecular formula is C23H26N4O2. The van der Waals surface area contributed by atoms with Crippen molar-refractivity contribution in [2.24, 2.45) is 0 Å². The Morgan fingerprint density at radius 2 is 1.72 bits per heavy atom. The maximum atomic E-state index is 12.8. The lowest BCUT2D eigenvalue weighted by Crippen LogP contribution is -2.16. The summed E-state index contributed by atoms with van der Waals surface area (Å²) >= 11 is 0. The van der Waals surface area contributed by atoms with E-state index in [1.807, 2.05) is 44.2 Å². The van der Waals surface area contributed by atoms with Gasteiger partial charge in [-0.15, -0.1) is 0 Å². The molecule has 0 aliphatic carbocycles. The number of benzene rings is 2. The van der Waals surface area contributed by atoms with Crippen molar-refractivity contribution in [2.75, 3.05) is 17.7 Å². The van der Waals surface area contributed by atoms with Crippen LogP contribution in [0.25, 0.3) is 0 Å². The van der Waals surface area contributed by atoms with E-state index in [4.69, 9.17) is 4.74 Å². The number of amides is 1. The first-order valence-electron chi connectivity index (χ1n) is 9.54. The molecule has 1 heterocycles. The number of carbonyl (C=O) groups excluding carboxylic acids is 1. The Bertz CT molecular complexity index is 1010. The van der Waals surface area contributed by atoms with Crippen LogP contribution in [0.15, 0.2) is 48.5 Å². The summed E-state index contributed by atoms with van der Waals surface area (Å²) in [7, 11) is 1.57. The summed E-state index contributed by atoms with van der Waals surface area (Å²) in [6.07, 6.45) is 0. The Balaban J connectivity index is 1.81. The van der Waals surface area contributed by atoms with E-state index in [1.165, 1.54) is 5.56 Å². The molecule has 0 spiro atoms. The van der Waals surface area contributed by atoms with Gasteiger partial charge in [-0.1, -0.05) is 32.0 Å². The Labute approximate surface area is 171 Å². The summed E-state index contributed by atoms with van der Waals surface area (Å²) in [5.41, 5.74) is 4.73. The maximum absolute atomic E-state index is 12.8. The molecule has 0 atom stereocenters. The van der Waals surface area contributed by atoms with Crippen molar-refractivity contribution in [1.29, 1.82) is 0 Å². The highest BCUT2D eigenvalue weighted by Crippen LogP contribution is 2.26. The van der Waals surface area contributed by atoms with Crippen molar-refractivity contribution in [3.05, 3.63) is 71.0 Å². The van der Waals surface area contributed by atoms with Crippen LogP contribution in [0.4, 0.5) is 17.3 Å². The fraction of sp³-hybridized carbons (Fsp3) is 0.261. The van der Waals surface area contributed by atoms with E-state index in [0.717, 1.165) is 11.3 Å². The Kier molecular flexibility index (Phi) is 6.12. The lowest BCUT2D eigenvalue weighted by Gasteiger charge is -2.12. The first kappa shape index (κ1) is 20.3. The van der Waals surface area contributed by atoms with E-state index in [9.17, 15) is 4.79 Å². The van der Waals surface area contributed by atoms with E-state index < -0.39 is 0 Å². The third-order valence-corrected chi connectivity index (χ3v) is 4.52. The molecule has 6 heteroatoms. The standard InChI is InChI=1S/C23H26N4O2/c1-14(2)17-7-9-18(10-8-17)25-23-24-16(4)13-20(27-23)22(28)26-19-12-15(3)6-11-21(19)29-5/h6-14H,1-5H3,(H,26,28)(H,24,25,27). The van der Waals surface area contributed by atoms with E-state index in [-0.39, 0.29) is 11.6 Å². The zero-order valence-corrected chi connectivity index (χ0v) is 17.4. The molecule has 0 unspecified atom stereocenters. The summed E-state index contributed by atoms with van der Waals surface area (Å²) in [6, 6.07) is 15.4. The SMILES string of the molecule is COc1ccc(C)cc1NC(=O)c1cc(C)nc(Nc2ccc(C(C)C)cc2)n1. The van der Waals surface area contributed by atoms with E-state index in [1.54, 1.807) is 13.2 Å². The molecule has 150 valence electrons. The quantitative estimate of drug-likeness (QED) is 0.603. The lowest BCUT2D eigenvalue weighted by atomic mass is 10.0. The second-order valence-electron chi connectivity index (χ2n) is 7.28. The fourth-order valence-electron chi connectivity index (χ4n) is 2.93. The summed E-state index contributed by atoms with van der Waals surface area (Å²) in [6.45, 7) is 8.09. The third kappa shape index (κ3) is 5.10. The van der Waals surface area contributed by atoms with Crippen molar-refractivity contribution >= 4 is 23.2 Å². The number of nitrogens with zero attached hydrogens (tertiary/aromatic N) is 2. The number of ether oxygens (including phenoxy) is 1. The van der Waals surface area contributed by atoms with E-state index >= 15 is 0 Å². The summed E-state index contributed by atoms with van der Waals surface area (Å²) in [5, 5.41) is 6.05. The molecule has 2 aromatic carbocycles. The van der Waals surface area contributed by atoms with Gasteiger partial charge >= 0.3 is 0 Å². The molecule has 29 heavy (non-hydrogen) atoms. The highest BCUT2D eigenvalue weighted by atomic mass is 16.5. The molecule has 3 rings (SSSR count). The molecule has 1 amide bonds. The molecule has 0 saturated carbocycles. The second-order valence-corrected chi connectivity index (χ2v) is 7.28. The fourth-order valence-corrected chi connectivity index (χ4v) is 2.93. The average molecular weight is 390 g/mol. The van der Waals surface area contributed by atoms with E-state index in [0.29, 0.717) is 29.0 Å². The Morgan fingerprint density at radius 1 is 1.00 bits per heavy atom. The highest BCUT2D eigenvalue weighted by molar-refractivity contribution is 6.04. The highest BCUT2D eigenvalue weighted by Gasteiger charge is 2.14. The lowest BCUT2D eigenvalue weighted by molar-refractivity contribution is 0.102. The Hall–Kier alpha value is -3.41. The number of carbonyl (C=O) groups is 1. The topological polar surface area (TPSA) is 76.1 Å². The van der Waals surface area contributed by atoms with Crippen molar-refractivity contribution < 1.29 is 9.53 Å². The number of aryl methyl sites for hydroxylation is 2. The van der Waals surface area contributed by atoms with Gasteiger partial charge in [0.25, 0.3) is 5.91 Å². The minimum absolute atomic E-state index is 0.280. The first-order valence-corrected chi connectivity index (χ1v) is 9.54. The van der Waals surface area contributed by atoms with Crippen molar-refractivity contribution in [1.82, 2.24) is 9.97 Å². The number of hydrogen-bond donors (Lipinski definition) is 2. The predicted molar refractivity (Wildman–Crippen MR) is 116 cm³/mol. The normalized spacial score (nSPS) is 10.7. The van der Waals surface area contributed by atoms with Crippen LogP contribution in [0, 0.1) is 13.8 Å². The van der Waals surface area contributed by atoms with Gasteiger partial charge in [0.1, 0.15) is 11.4 Å². The van der Waals surface area contributed by atoms with Crippen molar-refractivity contribution in [3.8, 4) is 5.75 Å². The minimum atomic E-state index is -0.322. The molecule has 3 aromatic rings. The third-order valence-electron chi connectivity index (χ3n) is 4.52. The van der Waals surface area contributed by atoms with Crippen LogP contribution in [-0.4, -0.2) is 23.0 Å². The molecule has 0 bridgehead atoms. The van der Waals surface area contributed by atoms with Crippen molar-refractivity contribution in [3.63, 3.8) is 0 Å². The monoisotopic (exact) mass is 390 g/mol. The summed E-state index contributed by atoms with van der Waals surface area (Å²) in [4.78, 5) is 21.6.